The average Bonchev–Trinajstić information content (AvgIpc) is 2.29. The summed E-state index contributed by atoms with van der Waals surface area (Å²) in [6, 6.07) is 9.60. The van der Waals surface area contributed by atoms with E-state index < -0.39 is 8.18 Å². The van der Waals surface area contributed by atoms with Crippen LogP contribution in [0.5, 0.6) is 5.75 Å². The Morgan fingerprint density at radius 2 is 1.88 bits per heavy atom. The average molecular weight is 242 g/mol. The molecular formula is C11H17NO3P+. The Morgan fingerprint density at radius 3 is 2.50 bits per heavy atom. The minimum atomic E-state index is -1.68. The molecule has 1 unspecified atom stereocenters. The number of nitrogens with zero attached hydrogens (tertiary/aromatic N) is 1. The normalized spacial score (nSPS) is 11.6. The van der Waals surface area contributed by atoms with Crippen molar-refractivity contribution in [1.82, 2.24) is 4.67 Å². The molecular weight excluding hydrogens is 225 g/mol. The fourth-order valence-corrected chi connectivity index (χ4v) is 1.54. The zero-order chi connectivity index (χ0) is 11.8. The van der Waals surface area contributed by atoms with Crippen LogP contribution >= 0.6 is 8.18 Å². The van der Waals surface area contributed by atoms with E-state index in [0.717, 1.165) is 12.2 Å². The van der Waals surface area contributed by atoms with Gasteiger partial charge in [0.15, 0.2) is 0 Å². The summed E-state index contributed by atoms with van der Waals surface area (Å²) in [5.41, 5.74) is 0. The molecule has 0 radical (unpaired) electrons. The van der Waals surface area contributed by atoms with E-state index in [2.05, 4.69) is 0 Å². The van der Waals surface area contributed by atoms with Crippen molar-refractivity contribution in [3.63, 3.8) is 0 Å². The summed E-state index contributed by atoms with van der Waals surface area (Å²) < 4.78 is 23.3. The summed E-state index contributed by atoms with van der Waals surface area (Å²) in [6.07, 6.45) is 0.726. The number of rotatable bonds is 7. The van der Waals surface area contributed by atoms with Gasteiger partial charge in [0.25, 0.3) is 0 Å². The highest BCUT2D eigenvalue weighted by atomic mass is 31.1. The van der Waals surface area contributed by atoms with Gasteiger partial charge >= 0.3 is 8.18 Å². The lowest BCUT2D eigenvalue weighted by atomic mass is 10.3. The first-order chi connectivity index (χ1) is 7.70. The van der Waals surface area contributed by atoms with Gasteiger partial charge in [-0.25, -0.2) is 0 Å². The van der Waals surface area contributed by atoms with Crippen LogP contribution in [-0.2, 0) is 9.09 Å². The molecule has 0 heterocycles. The van der Waals surface area contributed by atoms with Gasteiger partial charge in [-0.05, 0) is 16.7 Å². The molecule has 0 aliphatic heterocycles. The molecule has 0 N–H and O–H groups in total. The summed E-state index contributed by atoms with van der Waals surface area (Å²) in [7, 11) is 1.76. The molecule has 0 fully saturated rings. The fourth-order valence-electron chi connectivity index (χ4n) is 1.02. The molecule has 0 saturated heterocycles. The monoisotopic (exact) mass is 242 g/mol. The van der Waals surface area contributed by atoms with Crippen LogP contribution in [0.25, 0.3) is 0 Å². The van der Waals surface area contributed by atoms with Crippen molar-refractivity contribution in [3.8, 4) is 5.75 Å². The van der Waals surface area contributed by atoms with E-state index in [4.69, 9.17) is 9.26 Å². The van der Waals surface area contributed by atoms with Crippen LogP contribution in [0, 0.1) is 0 Å². The Morgan fingerprint density at radius 1 is 1.19 bits per heavy atom. The maximum Gasteiger partial charge on any atom is 0.615 e. The quantitative estimate of drug-likeness (QED) is 0.544. The molecule has 16 heavy (non-hydrogen) atoms. The third-order valence-corrected chi connectivity index (χ3v) is 2.89. The maximum atomic E-state index is 11.2. The van der Waals surface area contributed by atoms with Crippen molar-refractivity contribution < 1.29 is 13.8 Å². The second kappa shape index (κ2) is 7.34. The number of hydrogen-bond donors (Lipinski definition) is 0. The van der Waals surface area contributed by atoms with Crippen molar-refractivity contribution in [2.75, 3.05) is 27.3 Å². The molecule has 4 nitrogen and oxygen atoms in total. The van der Waals surface area contributed by atoms with Crippen LogP contribution in [0.15, 0.2) is 30.3 Å². The number of ether oxygens (including phenoxy) is 1. The summed E-state index contributed by atoms with van der Waals surface area (Å²) >= 11 is 0. The lowest BCUT2D eigenvalue weighted by Gasteiger charge is -2.03. The van der Waals surface area contributed by atoms with Gasteiger partial charge in [0.05, 0.1) is 6.61 Å². The summed E-state index contributed by atoms with van der Waals surface area (Å²) in [4.78, 5) is 0. The smallest absolute Gasteiger partial charge is 0.494 e. The van der Waals surface area contributed by atoms with Crippen molar-refractivity contribution in [3.05, 3.63) is 30.3 Å². The molecule has 0 amide bonds. The van der Waals surface area contributed by atoms with E-state index in [1.807, 2.05) is 30.3 Å². The van der Waals surface area contributed by atoms with Crippen LogP contribution in [0.3, 0.4) is 0 Å². The first-order valence-corrected chi connectivity index (χ1v) is 6.28. The van der Waals surface area contributed by atoms with Gasteiger partial charge in [-0.3, -0.25) is 0 Å². The van der Waals surface area contributed by atoms with Crippen molar-refractivity contribution in [1.29, 1.82) is 0 Å². The lowest BCUT2D eigenvalue weighted by molar-refractivity contribution is 0.244. The van der Waals surface area contributed by atoms with Crippen LogP contribution in [0.2, 0.25) is 0 Å². The minimum Gasteiger partial charge on any atom is -0.494 e. The van der Waals surface area contributed by atoms with Crippen LogP contribution in [-0.4, -0.2) is 32.0 Å². The summed E-state index contributed by atoms with van der Waals surface area (Å²) in [6.45, 7) is 1.01. The van der Waals surface area contributed by atoms with Crippen molar-refractivity contribution >= 4 is 8.18 Å². The topological polar surface area (TPSA) is 38.8 Å². The van der Waals surface area contributed by atoms with E-state index in [1.165, 1.54) is 0 Å². The molecule has 0 saturated carbocycles. The van der Waals surface area contributed by atoms with E-state index in [1.54, 1.807) is 18.8 Å². The fraction of sp³-hybridized carbons (Fsp3) is 0.455. The third kappa shape index (κ3) is 5.21. The molecule has 88 valence electrons. The highest BCUT2D eigenvalue weighted by molar-refractivity contribution is 7.36. The third-order valence-electron chi connectivity index (χ3n) is 1.83. The van der Waals surface area contributed by atoms with E-state index in [-0.39, 0.29) is 0 Å². The second-order valence-electron chi connectivity index (χ2n) is 3.43. The highest BCUT2D eigenvalue weighted by Crippen LogP contribution is 2.23. The predicted molar refractivity (Wildman–Crippen MR) is 63.8 cm³/mol. The molecule has 1 atom stereocenters. The molecule has 0 aromatic heterocycles. The van der Waals surface area contributed by atoms with Crippen LogP contribution < -0.4 is 4.74 Å². The Bertz CT molecular complexity index is 316. The predicted octanol–water partition coefficient (Wildman–Crippen LogP) is 2.69. The second-order valence-corrected chi connectivity index (χ2v) is 4.97. The zero-order valence-electron chi connectivity index (χ0n) is 9.63. The number of benzene rings is 1. The molecule has 1 rings (SSSR count). The molecule has 1 aromatic rings. The Labute approximate surface area is 97.1 Å². The summed E-state index contributed by atoms with van der Waals surface area (Å²) in [5, 5.41) is 0. The minimum absolute atomic E-state index is 0.445. The largest absolute Gasteiger partial charge is 0.615 e. The van der Waals surface area contributed by atoms with Gasteiger partial charge in [0.2, 0.25) is 0 Å². The molecule has 0 bridgehead atoms. The Hall–Kier alpha value is -0.960. The van der Waals surface area contributed by atoms with E-state index in [0.29, 0.717) is 13.2 Å². The molecule has 0 spiro atoms. The molecule has 0 aliphatic carbocycles. The Kier molecular flexibility index (Phi) is 6.01. The van der Waals surface area contributed by atoms with Crippen molar-refractivity contribution in [2.45, 2.75) is 6.42 Å². The molecule has 0 aliphatic rings. The summed E-state index contributed by atoms with van der Waals surface area (Å²) in [5.74, 6) is 0.847. The van der Waals surface area contributed by atoms with Gasteiger partial charge in [-0.2, -0.15) is 0 Å². The lowest BCUT2D eigenvalue weighted by Crippen LogP contribution is -2.05. The van der Waals surface area contributed by atoms with Gasteiger partial charge in [0, 0.05) is 20.5 Å². The van der Waals surface area contributed by atoms with E-state index in [9.17, 15) is 4.57 Å². The van der Waals surface area contributed by atoms with Gasteiger partial charge < -0.3 is 4.74 Å². The number of para-hydroxylation sites is 1. The standard InChI is InChI=1S/C11H17NO3P/c1-12(2)16(13)15-10-6-9-14-11-7-4-3-5-8-11/h3-5,7-8H,6,9-10H2,1-2H3/q+1. The highest BCUT2D eigenvalue weighted by Gasteiger charge is 2.20. The zero-order valence-corrected chi connectivity index (χ0v) is 10.5. The first-order valence-electron chi connectivity index (χ1n) is 5.15. The van der Waals surface area contributed by atoms with Crippen LogP contribution in [0.1, 0.15) is 6.42 Å². The molecule has 1 aromatic carbocycles. The van der Waals surface area contributed by atoms with Gasteiger partial charge in [-0.1, -0.05) is 22.9 Å². The van der Waals surface area contributed by atoms with E-state index >= 15 is 0 Å². The maximum absolute atomic E-state index is 11.2. The first kappa shape index (κ1) is 13.1. The van der Waals surface area contributed by atoms with Gasteiger partial charge in [-0.15, -0.1) is 4.52 Å². The number of hydrogen-bond acceptors (Lipinski definition) is 3. The van der Waals surface area contributed by atoms with Crippen molar-refractivity contribution in [2.24, 2.45) is 0 Å². The van der Waals surface area contributed by atoms with Gasteiger partial charge in [0.1, 0.15) is 12.4 Å². The van der Waals surface area contributed by atoms with Crippen LogP contribution in [0.4, 0.5) is 0 Å². The SMILES string of the molecule is CN(C)[P+](=O)OCCCOc1ccccc1. The Balaban J connectivity index is 2.07. The molecule has 5 heteroatoms.